The van der Waals surface area contributed by atoms with Crippen LogP contribution in [0.4, 0.5) is 0 Å². The molecule has 0 atom stereocenters. The third kappa shape index (κ3) is 3.69. The van der Waals surface area contributed by atoms with Crippen molar-refractivity contribution < 1.29 is 4.42 Å². The molecule has 2 aliphatic carbocycles. The molecule has 0 bridgehead atoms. The second-order valence-electron chi connectivity index (χ2n) is 8.50. The molecule has 0 amide bonds. The first kappa shape index (κ1) is 20.1. The minimum Gasteiger partial charge on any atom is -0.455 e. The molecule has 0 saturated carbocycles. The van der Waals surface area contributed by atoms with E-state index in [4.69, 9.17) is 16.0 Å². The van der Waals surface area contributed by atoms with E-state index in [0.717, 1.165) is 57.4 Å². The largest absolute Gasteiger partial charge is 0.455 e. The Morgan fingerprint density at radius 3 is 2.27 bits per heavy atom. The Labute approximate surface area is 198 Å². The van der Waals surface area contributed by atoms with Gasteiger partial charge in [0, 0.05) is 16.3 Å². The summed E-state index contributed by atoms with van der Waals surface area (Å²) in [6.07, 6.45) is 19.1. The van der Waals surface area contributed by atoms with Crippen molar-refractivity contribution in [2.24, 2.45) is 0 Å². The van der Waals surface area contributed by atoms with Crippen LogP contribution in [-0.2, 0) is 0 Å². The molecule has 2 heteroatoms. The second-order valence-corrected chi connectivity index (χ2v) is 8.91. The molecule has 1 heterocycles. The number of benzene rings is 3. The van der Waals surface area contributed by atoms with Crippen molar-refractivity contribution in [1.29, 1.82) is 0 Å². The molecule has 1 nitrogen and oxygen atoms in total. The molecule has 0 spiro atoms. The first-order chi connectivity index (χ1) is 16.3. The molecule has 0 saturated heterocycles. The number of fused-ring (bicyclic) bond motifs is 3. The third-order valence-electron chi connectivity index (χ3n) is 6.45. The fourth-order valence-electron chi connectivity index (χ4n) is 4.76. The standard InChI is InChI=1S/C31H23ClO/c32-28-13-6-14-29-30(28)27-12-5-11-26(31(27)33-29)25-19-17-24(18-20-25)23-10-4-9-22(15-16-23)21-7-2-1-3-8-21/h2,5-20H,1,3-4H2. The number of rotatable bonds is 3. The van der Waals surface area contributed by atoms with E-state index in [2.05, 4.69) is 85.0 Å². The summed E-state index contributed by atoms with van der Waals surface area (Å²) in [4.78, 5) is 0. The maximum Gasteiger partial charge on any atom is 0.143 e. The van der Waals surface area contributed by atoms with Crippen molar-refractivity contribution in [2.45, 2.75) is 19.3 Å². The van der Waals surface area contributed by atoms with Gasteiger partial charge in [-0.05, 0) is 59.2 Å². The number of halogens is 1. The summed E-state index contributed by atoms with van der Waals surface area (Å²) in [6, 6.07) is 20.8. The second kappa shape index (κ2) is 8.42. The summed E-state index contributed by atoms with van der Waals surface area (Å²) in [5.41, 5.74) is 9.03. The summed E-state index contributed by atoms with van der Waals surface area (Å²) in [5.74, 6) is 0. The monoisotopic (exact) mass is 446 g/mol. The Morgan fingerprint density at radius 2 is 1.42 bits per heavy atom. The summed E-state index contributed by atoms with van der Waals surface area (Å²) in [7, 11) is 0. The molecule has 33 heavy (non-hydrogen) atoms. The predicted octanol–water partition coefficient (Wildman–Crippen LogP) is 9.45. The predicted molar refractivity (Wildman–Crippen MR) is 140 cm³/mol. The fourth-order valence-corrected chi connectivity index (χ4v) is 5.03. The lowest BCUT2D eigenvalue weighted by atomic mass is 9.97. The third-order valence-corrected chi connectivity index (χ3v) is 6.76. The molecule has 3 aromatic carbocycles. The van der Waals surface area contributed by atoms with Gasteiger partial charge < -0.3 is 4.42 Å². The smallest absolute Gasteiger partial charge is 0.143 e. The van der Waals surface area contributed by atoms with Crippen LogP contribution in [0.1, 0.15) is 24.8 Å². The molecule has 0 radical (unpaired) electrons. The van der Waals surface area contributed by atoms with Gasteiger partial charge in [0.1, 0.15) is 11.2 Å². The van der Waals surface area contributed by atoms with Crippen molar-refractivity contribution in [2.75, 3.05) is 0 Å². The lowest BCUT2D eigenvalue weighted by molar-refractivity contribution is 0.670. The van der Waals surface area contributed by atoms with E-state index in [-0.39, 0.29) is 0 Å². The van der Waals surface area contributed by atoms with Gasteiger partial charge in [-0.15, -0.1) is 0 Å². The molecule has 160 valence electrons. The van der Waals surface area contributed by atoms with Crippen LogP contribution in [0.25, 0.3) is 38.6 Å². The van der Waals surface area contributed by atoms with Gasteiger partial charge in [-0.25, -0.2) is 0 Å². The van der Waals surface area contributed by atoms with Crippen LogP contribution < -0.4 is 0 Å². The topological polar surface area (TPSA) is 13.1 Å². The maximum absolute atomic E-state index is 6.47. The zero-order valence-electron chi connectivity index (χ0n) is 18.2. The molecule has 4 aromatic rings. The van der Waals surface area contributed by atoms with E-state index in [0.29, 0.717) is 0 Å². The highest BCUT2D eigenvalue weighted by Crippen LogP contribution is 2.39. The zero-order chi connectivity index (χ0) is 22.2. The van der Waals surface area contributed by atoms with Gasteiger partial charge in [-0.1, -0.05) is 103 Å². The Bertz CT molecular complexity index is 1520. The van der Waals surface area contributed by atoms with Crippen LogP contribution in [0.2, 0.25) is 5.02 Å². The molecule has 0 fully saturated rings. The molecule has 0 N–H and O–H groups in total. The van der Waals surface area contributed by atoms with Gasteiger partial charge >= 0.3 is 0 Å². The zero-order valence-corrected chi connectivity index (χ0v) is 19.0. The van der Waals surface area contributed by atoms with Crippen LogP contribution in [-0.4, -0.2) is 0 Å². The number of allylic oxidation sites excluding steroid dienone is 10. The van der Waals surface area contributed by atoms with Crippen LogP contribution in [0.5, 0.6) is 0 Å². The highest BCUT2D eigenvalue weighted by atomic mass is 35.5. The Balaban J connectivity index is 1.32. The van der Waals surface area contributed by atoms with Gasteiger partial charge in [0.25, 0.3) is 0 Å². The summed E-state index contributed by atoms with van der Waals surface area (Å²) >= 11 is 6.47. The van der Waals surface area contributed by atoms with Crippen molar-refractivity contribution in [3.63, 3.8) is 0 Å². The molecule has 1 aromatic heterocycles. The first-order valence-electron chi connectivity index (χ1n) is 11.4. The van der Waals surface area contributed by atoms with Crippen LogP contribution in [0.15, 0.2) is 119 Å². The van der Waals surface area contributed by atoms with Crippen LogP contribution in [0, 0.1) is 0 Å². The molecule has 0 unspecified atom stereocenters. The Morgan fingerprint density at radius 1 is 0.667 bits per heavy atom. The van der Waals surface area contributed by atoms with Crippen molar-refractivity contribution in [3.8, 4) is 11.1 Å². The summed E-state index contributed by atoms with van der Waals surface area (Å²) < 4.78 is 6.23. The number of para-hydroxylation sites is 1. The van der Waals surface area contributed by atoms with Gasteiger partial charge in [0.2, 0.25) is 0 Å². The molecule has 6 rings (SSSR count). The quantitative estimate of drug-likeness (QED) is 0.305. The molecule has 2 aliphatic rings. The number of furan rings is 1. The normalized spacial score (nSPS) is 16.0. The Hall–Kier alpha value is -3.55. The van der Waals surface area contributed by atoms with Crippen LogP contribution in [0.3, 0.4) is 0 Å². The van der Waals surface area contributed by atoms with Gasteiger partial charge in [0.15, 0.2) is 0 Å². The van der Waals surface area contributed by atoms with Crippen molar-refractivity contribution in [3.05, 3.63) is 125 Å². The number of hydrogen-bond acceptors (Lipinski definition) is 1. The lowest BCUT2D eigenvalue weighted by Gasteiger charge is -2.08. The molecular formula is C31H23ClO. The van der Waals surface area contributed by atoms with E-state index < -0.39 is 0 Å². The lowest BCUT2D eigenvalue weighted by Crippen LogP contribution is -1.87. The van der Waals surface area contributed by atoms with Gasteiger partial charge in [-0.3, -0.25) is 0 Å². The molecular weight excluding hydrogens is 424 g/mol. The highest BCUT2D eigenvalue weighted by molar-refractivity contribution is 6.37. The number of hydrogen-bond donors (Lipinski definition) is 0. The Kier molecular flexibility index (Phi) is 5.13. The van der Waals surface area contributed by atoms with E-state index in [1.807, 2.05) is 18.2 Å². The van der Waals surface area contributed by atoms with Crippen LogP contribution >= 0.6 is 11.6 Å². The highest BCUT2D eigenvalue weighted by Gasteiger charge is 2.14. The SMILES string of the molecule is Clc1cccc2oc3c(-c4ccc(C5=CCC=C(C6=CCCC=C6)C=C5)cc4)cccc3c12. The van der Waals surface area contributed by atoms with Gasteiger partial charge in [0.05, 0.1) is 5.02 Å². The van der Waals surface area contributed by atoms with E-state index in [1.165, 1.54) is 22.3 Å². The van der Waals surface area contributed by atoms with Crippen molar-refractivity contribution >= 4 is 39.1 Å². The minimum absolute atomic E-state index is 0.721. The van der Waals surface area contributed by atoms with E-state index in [9.17, 15) is 0 Å². The summed E-state index contributed by atoms with van der Waals surface area (Å²) in [5, 5.41) is 2.75. The average molecular weight is 447 g/mol. The minimum atomic E-state index is 0.721. The van der Waals surface area contributed by atoms with E-state index in [1.54, 1.807) is 0 Å². The maximum atomic E-state index is 6.47. The fraction of sp³-hybridized carbons (Fsp3) is 0.0968. The summed E-state index contributed by atoms with van der Waals surface area (Å²) in [6.45, 7) is 0. The average Bonchev–Trinajstić information content (AvgIpc) is 3.08. The molecule has 0 aliphatic heterocycles. The first-order valence-corrected chi connectivity index (χ1v) is 11.8. The van der Waals surface area contributed by atoms with Gasteiger partial charge in [-0.2, -0.15) is 0 Å². The van der Waals surface area contributed by atoms with Crippen molar-refractivity contribution in [1.82, 2.24) is 0 Å². The van der Waals surface area contributed by atoms with E-state index >= 15 is 0 Å².